The molecule has 4 nitrogen and oxygen atoms in total. The highest BCUT2D eigenvalue weighted by atomic mass is 127. The molecule has 16 heavy (non-hydrogen) atoms. The molecule has 3 N–H and O–H groups in total. The maximum Gasteiger partial charge on any atom is 0.241 e. The molecule has 0 radical (unpaired) electrons. The van der Waals surface area contributed by atoms with Crippen LogP contribution in [0.5, 0.6) is 0 Å². The molecule has 1 aromatic rings. The Morgan fingerprint density at radius 1 is 1.56 bits per heavy atom. The third kappa shape index (κ3) is 3.55. The Morgan fingerprint density at radius 2 is 2.25 bits per heavy atom. The second kappa shape index (κ2) is 5.93. The highest BCUT2D eigenvalue weighted by Gasteiger charge is 2.06. The largest absolute Gasteiger partial charge is 0.397 e. The lowest BCUT2D eigenvalue weighted by Crippen LogP contribution is -2.32. The maximum absolute atomic E-state index is 11.5. The highest BCUT2D eigenvalue weighted by molar-refractivity contribution is 14.1. The van der Waals surface area contributed by atoms with Crippen molar-refractivity contribution >= 4 is 39.9 Å². The van der Waals surface area contributed by atoms with Gasteiger partial charge in [-0.15, -0.1) is 0 Å². The van der Waals surface area contributed by atoms with Crippen molar-refractivity contribution in [1.82, 2.24) is 4.90 Å². The lowest BCUT2D eigenvalue weighted by molar-refractivity contribution is -0.127. The molecule has 1 amide bonds. The number of nitrogen functional groups attached to an aromatic ring is 1. The third-order valence-electron chi connectivity index (χ3n) is 2.34. The molecule has 0 fully saturated rings. The molecule has 0 heterocycles. The van der Waals surface area contributed by atoms with E-state index in [0.29, 0.717) is 12.2 Å². The van der Waals surface area contributed by atoms with Crippen LogP contribution < -0.4 is 11.1 Å². The van der Waals surface area contributed by atoms with Crippen molar-refractivity contribution in [3.63, 3.8) is 0 Å². The Bertz CT molecular complexity index is 381. The summed E-state index contributed by atoms with van der Waals surface area (Å²) in [7, 11) is 1.78. The molecule has 0 saturated carbocycles. The second-order valence-electron chi connectivity index (χ2n) is 3.49. The summed E-state index contributed by atoms with van der Waals surface area (Å²) in [6.45, 7) is 2.93. The van der Waals surface area contributed by atoms with Crippen LogP contribution in [-0.2, 0) is 4.79 Å². The smallest absolute Gasteiger partial charge is 0.241 e. The van der Waals surface area contributed by atoms with Crippen molar-refractivity contribution in [1.29, 1.82) is 0 Å². The van der Waals surface area contributed by atoms with Gasteiger partial charge in [0.05, 0.1) is 17.9 Å². The maximum atomic E-state index is 11.5. The zero-order valence-corrected chi connectivity index (χ0v) is 11.6. The molecular weight excluding hydrogens is 317 g/mol. The number of nitrogens with one attached hydrogen (secondary N) is 1. The molecule has 0 aromatic heterocycles. The molecular formula is C11H16IN3O. The molecule has 0 aliphatic rings. The Hall–Kier alpha value is -0.980. The first-order chi connectivity index (χ1) is 7.54. The molecule has 0 spiro atoms. The summed E-state index contributed by atoms with van der Waals surface area (Å²) in [5, 5.41) is 3.04. The van der Waals surface area contributed by atoms with Crippen LogP contribution in [0.2, 0.25) is 0 Å². The van der Waals surface area contributed by atoms with E-state index in [1.807, 2.05) is 25.1 Å². The van der Waals surface area contributed by atoms with Crippen molar-refractivity contribution in [3.8, 4) is 0 Å². The van der Waals surface area contributed by atoms with Crippen molar-refractivity contribution in [3.05, 3.63) is 21.8 Å². The van der Waals surface area contributed by atoms with Crippen LogP contribution in [0.3, 0.4) is 0 Å². The van der Waals surface area contributed by atoms with E-state index in [4.69, 9.17) is 5.73 Å². The highest BCUT2D eigenvalue weighted by Crippen LogP contribution is 2.20. The van der Waals surface area contributed by atoms with Crippen molar-refractivity contribution < 1.29 is 4.79 Å². The van der Waals surface area contributed by atoms with Gasteiger partial charge in [0.25, 0.3) is 0 Å². The van der Waals surface area contributed by atoms with Gasteiger partial charge in [0.15, 0.2) is 0 Å². The van der Waals surface area contributed by atoms with Gasteiger partial charge < -0.3 is 16.0 Å². The van der Waals surface area contributed by atoms with Crippen LogP contribution in [0.4, 0.5) is 11.4 Å². The fourth-order valence-corrected chi connectivity index (χ4v) is 1.69. The number of likely N-dealkylation sites (N-methyl/N-ethyl adjacent to an activating group) is 1. The number of anilines is 2. The standard InChI is InChI=1S/C11H16IN3O/c1-3-15(2)11(16)7-14-10-5-4-8(12)6-9(10)13/h4-6,14H,3,7,13H2,1-2H3. The monoisotopic (exact) mass is 333 g/mol. The Balaban J connectivity index is 2.58. The Kier molecular flexibility index (Phi) is 4.85. The van der Waals surface area contributed by atoms with E-state index in [2.05, 4.69) is 27.9 Å². The second-order valence-corrected chi connectivity index (χ2v) is 4.74. The number of carbonyl (C=O) groups is 1. The van der Waals surface area contributed by atoms with Gasteiger partial charge >= 0.3 is 0 Å². The van der Waals surface area contributed by atoms with Crippen LogP contribution >= 0.6 is 22.6 Å². The van der Waals surface area contributed by atoms with Crippen LogP contribution in [0.1, 0.15) is 6.92 Å². The van der Waals surface area contributed by atoms with E-state index in [1.165, 1.54) is 0 Å². The number of nitrogens with zero attached hydrogens (tertiary/aromatic N) is 1. The molecule has 1 rings (SSSR count). The van der Waals surface area contributed by atoms with Crippen LogP contribution in [-0.4, -0.2) is 30.9 Å². The molecule has 0 aliphatic heterocycles. The third-order valence-corrected chi connectivity index (χ3v) is 3.01. The predicted molar refractivity (Wildman–Crippen MR) is 75.4 cm³/mol. The van der Waals surface area contributed by atoms with Gasteiger partial charge in [-0.25, -0.2) is 0 Å². The first-order valence-electron chi connectivity index (χ1n) is 5.07. The van der Waals surface area contributed by atoms with E-state index in [1.54, 1.807) is 11.9 Å². The minimum absolute atomic E-state index is 0.0560. The average molecular weight is 333 g/mol. The van der Waals surface area contributed by atoms with Crippen molar-refractivity contribution in [2.24, 2.45) is 0 Å². The summed E-state index contributed by atoms with van der Waals surface area (Å²) in [4.78, 5) is 13.2. The molecule has 0 bridgehead atoms. The van der Waals surface area contributed by atoms with Gasteiger partial charge in [-0.2, -0.15) is 0 Å². The number of benzene rings is 1. The Morgan fingerprint density at radius 3 is 2.81 bits per heavy atom. The lowest BCUT2D eigenvalue weighted by Gasteiger charge is -2.16. The molecule has 0 saturated heterocycles. The summed E-state index contributed by atoms with van der Waals surface area (Å²) < 4.78 is 1.08. The topological polar surface area (TPSA) is 58.4 Å². The summed E-state index contributed by atoms with van der Waals surface area (Å²) >= 11 is 2.20. The molecule has 0 atom stereocenters. The SMILES string of the molecule is CCN(C)C(=O)CNc1ccc(I)cc1N. The molecule has 88 valence electrons. The summed E-state index contributed by atoms with van der Waals surface area (Å²) in [6.07, 6.45) is 0. The normalized spacial score (nSPS) is 9.94. The summed E-state index contributed by atoms with van der Waals surface area (Å²) in [5.74, 6) is 0.0560. The van der Waals surface area contributed by atoms with Crippen LogP contribution in [0.15, 0.2) is 18.2 Å². The zero-order valence-electron chi connectivity index (χ0n) is 9.46. The zero-order chi connectivity index (χ0) is 12.1. The molecule has 0 aliphatic carbocycles. The van der Waals surface area contributed by atoms with Gasteiger partial charge in [-0.3, -0.25) is 4.79 Å². The molecule has 0 unspecified atom stereocenters. The van der Waals surface area contributed by atoms with Gasteiger partial charge in [-0.1, -0.05) is 0 Å². The lowest BCUT2D eigenvalue weighted by atomic mass is 10.2. The fraction of sp³-hybridized carbons (Fsp3) is 0.364. The van der Waals surface area contributed by atoms with Gasteiger partial charge in [0.1, 0.15) is 0 Å². The predicted octanol–water partition coefficient (Wildman–Crippen LogP) is 1.76. The van der Waals surface area contributed by atoms with Crippen molar-refractivity contribution in [2.45, 2.75) is 6.92 Å². The number of hydrogen-bond acceptors (Lipinski definition) is 3. The van der Waals surface area contributed by atoms with E-state index in [0.717, 1.165) is 9.26 Å². The number of amides is 1. The Labute approximate surface area is 109 Å². The number of rotatable bonds is 4. The number of nitrogens with two attached hydrogens (primary N) is 1. The van der Waals surface area contributed by atoms with Crippen LogP contribution in [0, 0.1) is 3.57 Å². The first-order valence-corrected chi connectivity index (χ1v) is 6.15. The molecule has 5 heteroatoms. The fourth-order valence-electron chi connectivity index (χ4n) is 1.18. The van der Waals surface area contributed by atoms with Gasteiger partial charge in [0, 0.05) is 17.2 Å². The minimum atomic E-state index is 0.0560. The van der Waals surface area contributed by atoms with Gasteiger partial charge in [-0.05, 0) is 47.7 Å². The summed E-state index contributed by atoms with van der Waals surface area (Å²) in [5.41, 5.74) is 7.29. The average Bonchev–Trinajstić information content (AvgIpc) is 2.26. The minimum Gasteiger partial charge on any atom is -0.397 e. The van der Waals surface area contributed by atoms with Crippen molar-refractivity contribution in [2.75, 3.05) is 31.2 Å². The number of carbonyl (C=O) groups excluding carboxylic acids is 1. The quantitative estimate of drug-likeness (QED) is 0.652. The molecule has 1 aromatic carbocycles. The number of halogens is 1. The van der Waals surface area contributed by atoms with E-state index in [-0.39, 0.29) is 12.5 Å². The van der Waals surface area contributed by atoms with E-state index in [9.17, 15) is 4.79 Å². The van der Waals surface area contributed by atoms with Crippen LogP contribution in [0.25, 0.3) is 0 Å². The van der Waals surface area contributed by atoms with E-state index >= 15 is 0 Å². The number of hydrogen-bond donors (Lipinski definition) is 2. The van der Waals surface area contributed by atoms with Gasteiger partial charge in [0.2, 0.25) is 5.91 Å². The van der Waals surface area contributed by atoms with E-state index < -0.39 is 0 Å². The first kappa shape index (κ1) is 13.1. The summed E-state index contributed by atoms with van der Waals surface area (Å²) in [6, 6.07) is 5.71.